The molecule has 0 heterocycles. The van der Waals surface area contributed by atoms with Crippen molar-refractivity contribution >= 4 is 17.5 Å². The Hall–Kier alpha value is -4.60. The number of amides is 2. The predicted octanol–water partition coefficient (Wildman–Crippen LogP) is 1.74. The van der Waals surface area contributed by atoms with E-state index in [0.29, 0.717) is 17.7 Å². The van der Waals surface area contributed by atoms with Crippen molar-refractivity contribution in [2.45, 2.75) is 12.6 Å². The maximum atomic E-state index is 12.8. The van der Waals surface area contributed by atoms with Crippen LogP contribution in [0.1, 0.15) is 15.9 Å². The molecule has 0 spiro atoms. The van der Waals surface area contributed by atoms with Crippen molar-refractivity contribution in [3.63, 3.8) is 0 Å². The molecule has 2 amide bonds. The number of rotatable bonds is 8. The van der Waals surface area contributed by atoms with Crippen LogP contribution in [-0.2, 0) is 11.2 Å². The lowest BCUT2D eigenvalue weighted by atomic mass is 10.1. The molecule has 0 radical (unpaired) electrons. The highest BCUT2D eigenvalue weighted by Crippen LogP contribution is 2.25. The highest BCUT2D eigenvalue weighted by Gasteiger charge is 2.22. The Balaban J connectivity index is 1.70. The number of benzene rings is 3. The smallest absolute Gasteiger partial charge is 0.263 e. The van der Waals surface area contributed by atoms with E-state index in [1.807, 2.05) is 0 Å². The minimum atomic E-state index is -1.22. The van der Waals surface area contributed by atoms with Crippen LogP contribution in [0.2, 0.25) is 0 Å². The van der Waals surface area contributed by atoms with Crippen LogP contribution in [0.3, 0.4) is 0 Å². The van der Waals surface area contributed by atoms with Crippen molar-refractivity contribution in [3.8, 4) is 28.7 Å². The second-order valence-electron chi connectivity index (χ2n) is 7.17. The number of carbonyl (C=O) groups is 2. The minimum Gasteiger partial charge on any atom is -0.508 e. The normalized spacial score (nSPS) is 11.4. The van der Waals surface area contributed by atoms with Crippen LogP contribution in [0.25, 0.3) is 0 Å². The molecule has 0 saturated carbocycles. The Kier molecular flexibility index (Phi) is 7.09. The van der Waals surface area contributed by atoms with Gasteiger partial charge in [0.25, 0.3) is 11.8 Å². The summed E-state index contributed by atoms with van der Waals surface area (Å²) in [5.74, 6) is -2.60. The summed E-state index contributed by atoms with van der Waals surface area (Å²) in [6.07, 6.45) is -0.864. The fourth-order valence-electron chi connectivity index (χ4n) is 2.93. The van der Waals surface area contributed by atoms with Gasteiger partial charge in [0.2, 0.25) is 0 Å². The fraction of sp³-hybridized carbons (Fsp3) is 0.130. The summed E-state index contributed by atoms with van der Waals surface area (Å²) in [5, 5.41) is 55.5. The first kappa shape index (κ1) is 23.1. The SMILES string of the molecule is O=C(N[C@@H](Nc1ccc(O)cc1)C(=O)NCCc1ccc(O)c(O)c1)c1ccc(O)c(O)c1. The molecular weight excluding hydrogens is 430 g/mol. The van der Waals surface area contributed by atoms with Crippen LogP contribution in [0, 0.1) is 0 Å². The molecule has 0 fully saturated rings. The number of hydrogen-bond acceptors (Lipinski definition) is 8. The van der Waals surface area contributed by atoms with Crippen LogP contribution < -0.4 is 16.0 Å². The number of phenols is 5. The summed E-state index contributed by atoms with van der Waals surface area (Å²) in [6, 6.07) is 13.7. The average molecular weight is 453 g/mol. The lowest BCUT2D eigenvalue weighted by Crippen LogP contribution is -2.51. The number of carbonyl (C=O) groups excluding carboxylic acids is 2. The molecule has 0 aliphatic rings. The minimum absolute atomic E-state index is 0.0233. The molecule has 0 bridgehead atoms. The molecule has 10 nitrogen and oxygen atoms in total. The van der Waals surface area contributed by atoms with Crippen molar-refractivity contribution in [1.82, 2.24) is 10.6 Å². The molecule has 33 heavy (non-hydrogen) atoms. The van der Waals surface area contributed by atoms with Gasteiger partial charge in [0, 0.05) is 17.8 Å². The van der Waals surface area contributed by atoms with E-state index in [4.69, 9.17) is 0 Å². The first-order valence-corrected chi connectivity index (χ1v) is 9.90. The van der Waals surface area contributed by atoms with E-state index in [0.717, 1.165) is 12.1 Å². The van der Waals surface area contributed by atoms with Crippen molar-refractivity contribution in [2.24, 2.45) is 0 Å². The van der Waals surface area contributed by atoms with Crippen LogP contribution in [0.5, 0.6) is 28.7 Å². The second kappa shape index (κ2) is 10.1. The molecule has 0 unspecified atom stereocenters. The Morgan fingerprint density at radius 3 is 2.03 bits per heavy atom. The zero-order chi connectivity index (χ0) is 24.0. The third kappa shape index (κ3) is 6.20. The second-order valence-corrected chi connectivity index (χ2v) is 7.17. The quantitative estimate of drug-likeness (QED) is 0.145. The van der Waals surface area contributed by atoms with Gasteiger partial charge in [0.05, 0.1) is 0 Å². The van der Waals surface area contributed by atoms with Gasteiger partial charge >= 0.3 is 0 Å². The van der Waals surface area contributed by atoms with E-state index < -0.39 is 23.7 Å². The maximum absolute atomic E-state index is 12.8. The van der Waals surface area contributed by atoms with Crippen LogP contribution in [-0.4, -0.2) is 50.1 Å². The molecule has 0 saturated heterocycles. The molecule has 3 aromatic carbocycles. The van der Waals surface area contributed by atoms with Crippen LogP contribution in [0.4, 0.5) is 5.69 Å². The molecule has 1 atom stereocenters. The summed E-state index contributed by atoms with van der Waals surface area (Å²) in [6.45, 7) is 0.173. The molecule has 3 aromatic rings. The molecule has 0 aromatic heterocycles. The van der Waals surface area contributed by atoms with Gasteiger partial charge < -0.3 is 41.5 Å². The topological polar surface area (TPSA) is 171 Å². The Morgan fingerprint density at radius 1 is 0.758 bits per heavy atom. The lowest BCUT2D eigenvalue weighted by Gasteiger charge is -2.21. The molecule has 10 heteroatoms. The van der Waals surface area contributed by atoms with E-state index in [2.05, 4.69) is 16.0 Å². The summed E-state index contributed by atoms with van der Waals surface area (Å²) >= 11 is 0. The lowest BCUT2D eigenvalue weighted by molar-refractivity contribution is -0.122. The van der Waals surface area contributed by atoms with Gasteiger partial charge in [-0.1, -0.05) is 6.07 Å². The monoisotopic (exact) mass is 453 g/mol. The standard InChI is InChI=1S/C23H23N3O7/c27-16-5-3-15(4-6-16)25-21(26-22(32)14-2-8-18(29)20(31)12-14)23(33)24-10-9-13-1-7-17(28)19(30)11-13/h1-8,11-12,21,25,27-31H,9-10H2,(H,24,33)(H,26,32)/t21-/m1/s1. The van der Waals surface area contributed by atoms with Gasteiger partial charge in [-0.3, -0.25) is 9.59 Å². The maximum Gasteiger partial charge on any atom is 0.263 e. The molecule has 3 rings (SSSR count). The number of phenolic OH excluding ortho intramolecular Hbond substituents is 5. The first-order chi connectivity index (χ1) is 15.7. The molecule has 172 valence electrons. The molecular formula is C23H23N3O7. The first-order valence-electron chi connectivity index (χ1n) is 9.90. The number of anilines is 1. The van der Waals surface area contributed by atoms with Gasteiger partial charge in [-0.2, -0.15) is 0 Å². The highest BCUT2D eigenvalue weighted by molar-refractivity contribution is 5.98. The van der Waals surface area contributed by atoms with E-state index >= 15 is 0 Å². The highest BCUT2D eigenvalue weighted by atomic mass is 16.3. The summed E-state index contributed by atoms with van der Waals surface area (Å²) in [5.41, 5.74) is 1.15. The Morgan fingerprint density at radius 2 is 1.39 bits per heavy atom. The molecule has 0 aliphatic heterocycles. The third-order valence-corrected chi connectivity index (χ3v) is 4.71. The summed E-state index contributed by atoms with van der Waals surface area (Å²) in [4.78, 5) is 25.4. The van der Waals surface area contributed by atoms with E-state index in [1.165, 1.54) is 42.5 Å². The van der Waals surface area contributed by atoms with E-state index in [9.17, 15) is 35.1 Å². The predicted molar refractivity (Wildman–Crippen MR) is 119 cm³/mol. The van der Waals surface area contributed by atoms with Crippen LogP contribution in [0.15, 0.2) is 60.7 Å². The zero-order valence-corrected chi connectivity index (χ0v) is 17.3. The van der Waals surface area contributed by atoms with Crippen molar-refractivity contribution < 1.29 is 35.1 Å². The van der Waals surface area contributed by atoms with Crippen molar-refractivity contribution in [1.29, 1.82) is 0 Å². The molecule has 0 aliphatic carbocycles. The van der Waals surface area contributed by atoms with Gasteiger partial charge in [-0.25, -0.2) is 0 Å². The van der Waals surface area contributed by atoms with E-state index in [1.54, 1.807) is 6.07 Å². The Labute approximate surface area is 188 Å². The van der Waals surface area contributed by atoms with Crippen molar-refractivity contribution in [2.75, 3.05) is 11.9 Å². The largest absolute Gasteiger partial charge is 0.508 e. The van der Waals surface area contributed by atoms with Gasteiger partial charge in [-0.15, -0.1) is 0 Å². The van der Waals surface area contributed by atoms with Crippen LogP contribution >= 0.6 is 0 Å². The summed E-state index contributed by atoms with van der Waals surface area (Å²) < 4.78 is 0. The summed E-state index contributed by atoms with van der Waals surface area (Å²) in [7, 11) is 0. The molecule has 8 N–H and O–H groups in total. The fourth-order valence-corrected chi connectivity index (χ4v) is 2.93. The average Bonchev–Trinajstić information content (AvgIpc) is 2.79. The van der Waals surface area contributed by atoms with Gasteiger partial charge in [0.15, 0.2) is 29.2 Å². The van der Waals surface area contributed by atoms with Gasteiger partial charge in [0.1, 0.15) is 5.75 Å². The third-order valence-electron chi connectivity index (χ3n) is 4.71. The number of hydrogen-bond donors (Lipinski definition) is 8. The van der Waals surface area contributed by atoms with Crippen molar-refractivity contribution in [3.05, 3.63) is 71.8 Å². The van der Waals surface area contributed by atoms with E-state index in [-0.39, 0.29) is 35.1 Å². The zero-order valence-electron chi connectivity index (χ0n) is 17.3. The van der Waals surface area contributed by atoms with Gasteiger partial charge in [-0.05, 0) is 66.6 Å². The number of nitrogens with one attached hydrogen (secondary N) is 3. The number of aromatic hydroxyl groups is 5. The Bertz CT molecular complexity index is 1150.